The number of carbonyl (C=O) groups is 1. The molecule has 0 aromatic rings. The zero-order valence-electron chi connectivity index (χ0n) is 9.22. The maximum atomic E-state index is 11.9. The molecule has 0 amide bonds. The molecule has 3 heteroatoms. The molecule has 1 saturated heterocycles. The first-order valence-electron chi connectivity index (χ1n) is 4.97. The number of hydrogen-bond acceptors (Lipinski definition) is 3. The Balaban J connectivity index is 2.71. The van der Waals surface area contributed by atoms with Gasteiger partial charge in [0.1, 0.15) is 5.60 Å². The summed E-state index contributed by atoms with van der Waals surface area (Å²) in [4.78, 5) is 11.9. The zero-order valence-corrected chi connectivity index (χ0v) is 9.22. The van der Waals surface area contributed by atoms with Crippen molar-refractivity contribution in [1.29, 1.82) is 0 Å². The van der Waals surface area contributed by atoms with Crippen LogP contribution in [0.4, 0.5) is 0 Å². The highest BCUT2D eigenvalue weighted by atomic mass is 16.6. The van der Waals surface area contributed by atoms with Gasteiger partial charge in [0.15, 0.2) is 0 Å². The molecule has 0 saturated carbocycles. The van der Waals surface area contributed by atoms with E-state index < -0.39 is 11.0 Å². The van der Waals surface area contributed by atoms with E-state index in [0.717, 1.165) is 13.0 Å². The topological polar surface area (TPSA) is 38.3 Å². The van der Waals surface area contributed by atoms with E-state index in [4.69, 9.17) is 4.74 Å². The van der Waals surface area contributed by atoms with Crippen molar-refractivity contribution in [2.24, 2.45) is 5.41 Å². The Kier molecular flexibility index (Phi) is 3.00. The number of carbonyl (C=O) groups excluding carboxylic acids is 1. The smallest absolute Gasteiger partial charge is 0.317 e. The van der Waals surface area contributed by atoms with E-state index in [1.54, 1.807) is 6.08 Å². The molecular formula is C11H19NO2. The van der Waals surface area contributed by atoms with Crippen molar-refractivity contribution >= 4 is 5.97 Å². The van der Waals surface area contributed by atoms with Crippen molar-refractivity contribution < 1.29 is 9.53 Å². The SMILES string of the molecule is C=CC1(C(=O)OC(C)(C)C)CCNC1. The largest absolute Gasteiger partial charge is 0.459 e. The first-order valence-corrected chi connectivity index (χ1v) is 4.97. The lowest BCUT2D eigenvalue weighted by molar-refractivity contribution is -0.163. The standard InChI is InChI=1S/C11H19NO2/c1-5-11(6-7-12-8-11)9(13)14-10(2,3)4/h5,12H,1,6-8H2,2-4H3. The van der Waals surface area contributed by atoms with Gasteiger partial charge in [0.05, 0.1) is 5.41 Å². The minimum Gasteiger partial charge on any atom is -0.459 e. The Bertz CT molecular complexity index is 234. The highest BCUT2D eigenvalue weighted by Crippen LogP contribution is 2.30. The van der Waals surface area contributed by atoms with Crippen LogP contribution in [0, 0.1) is 5.41 Å². The van der Waals surface area contributed by atoms with E-state index in [9.17, 15) is 4.79 Å². The molecule has 0 aromatic heterocycles. The van der Waals surface area contributed by atoms with Crippen LogP contribution in [0.3, 0.4) is 0 Å². The van der Waals surface area contributed by atoms with E-state index in [1.165, 1.54) is 0 Å². The Labute approximate surface area is 85.5 Å². The maximum Gasteiger partial charge on any atom is 0.317 e. The van der Waals surface area contributed by atoms with Crippen LogP contribution < -0.4 is 5.32 Å². The third kappa shape index (κ3) is 2.35. The fraction of sp³-hybridized carbons (Fsp3) is 0.727. The van der Waals surface area contributed by atoms with E-state index >= 15 is 0 Å². The van der Waals surface area contributed by atoms with E-state index in [0.29, 0.717) is 6.54 Å². The van der Waals surface area contributed by atoms with Gasteiger partial charge in [-0.3, -0.25) is 4.79 Å². The van der Waals surface area contributed by atoms with Crippen molar-refractivity contribution in [3.63, 3.8) is 0 Å². The predicted octanol–water partition coefficient (Wildman–Crippen LogP) is 1.49. The maximum absolute atomic E-state index is 11.9. The predicted molar refractivity (Wildman–Crippen MR) is 56.0 cm³/mol. The molecule has 0 aliphatic carbocycles. The minimum absolute atomic E-state index is 0.162. The average molecular weight is 197 g/mol. The molecule has 1 N–H and O–H groups in total. The lowest BCUT2D eigenvalue weighted by Crippen LogP contribution is -2.37. The number of esters is 1. The van der Waals surface area contributed by atoms with Gasteiger partial charge < -0.3 is 10.1 Å². The molecule has 1 aliphatic rings. The summed E-state index contributed by atoms with van der Waals surface area (Å²) in [7, 11) is 0. The first kappa shape index (κ1) is 11.2. The highest BCUT2D eigenvalue weighted by Gasteiger charge is 2.41. The molecule has 1 unspecified atom stereocenters. The van der Waals surface area contributed by atoms with Crippen LogP contribution in [0.15, 0.2) is 12.7 Å². The average Bonchev–Trinajstić information content (AvgIpc) is 2.49. The molecule has 14 heavy (non-hydrogen) atoms. The summed E-state index contributed by atoms with van der Waals surface area (Å²) in [5, 5.41) is 3.16. The Morgan fingerprint density at radius 2 is 2.21 bits per heavy atom. The van der Waals surface area contributed by atoms with Crippen LogP contribution in [0.5, 0.6) is 0 Å². The van der Waals surface area contributed by atoms with Crippen LogP contribution in [0.1, 0.15) is 27.2 Å². The molecule has 0 spiro atoms. The molecule has 1 fully saturated rings. The summed E-state index contributed by atoms with van der Waals surface area (Å²) in [6.45, 7) is 10.9. The van der Waals surface area contributed by atoms with Crippen LogP contribution in [-0.2, 0) is 9.53 Å². The van der Waals surface area contributed by atoms with Crippen molar-refractivity contribution in [2.45, 2.75) is 32.8 Å². The number of nitrogens with one attached hydrogen (secondary N) is 1. The van der Waals surface area contributed by atoms with Gasteiger partial charge in [-0.05, 0) is 33.7 Å². The molecule has 3 nitrogen and oxygen atoms in total. The van der Waals surface area contributed by atoms with Crippen LogP contribution >= 0.6 is 0 Å². The van der Waals surface area contributed by atoms with E-state index in [2.05, 4.69) is 11.9 Å². The van der Waals surface area contributed by atoms with E-state index in [1.807, 2.05) is 20.8 Å². The summed E-state index contributed by atoms with van der Waals surface area (Å²) in [6, 6.07) is 0. The summed E-state index contributed by atoms with van der Waals surface area (Å²) < 4.78 is 5.37. The van der Waals surface area contributed by atoms with Gasteiger partial charge in [0.25, 0.3) is 0 Å². The molecule has 0 radical (unpaired) electrons. The van der Waals surface area contributed by atoms with Crippen molar-refractivity contribution in [2.75, 3.05) is 13.1 Å². The summed E-state index contributed by atoms with van der Waals surface area (Å²) in [5.74, 6) is -0.162. The van der Waals surface area contributed by atoms with E-state index in [-0.39, 0.29) is 5.97 Å². The van der Waals surface area contributed by atoms with Gasteiger partial charge in [-0.15, -0.1) is 6.58 Å². The van der Waals surface area contributed by atoms with Gasteiger partial charge in [-0.1, -0.05) is 6.08 Å². The number of rotatable bonds is 2. The molecule has 1 heterocycles. The fourth-order valence-corrected chi connectivity index (χ4v) is 1.52. The van der Waals surface area contributed by atoms with Crippen LogP contribution in [0.25, 0.3) is 0 Å². The summed E-state index contributed by atoms with van der Waals surface area (Å²) in [6.07, 6.45) is 2.49. The number of hydrogen-bond donors (Lipinski definition) is 1. The monoisotopic (exact) mass is 197 g/mol. The lowest BCUT2D eigenvalue weighted by Gasteiger charge is -2.27. The van der Waals surface area contributed by atoms with Gasteiger partial charge in [-0.25, -0.2) is 0 Å². The summed E-state index contributed by atoms with van der Waals surface area (Å²) in [5.41, 5.74) is -0.928. The first-order chi connectivity index (χ1) is 6.40. The summed E-state index contributed by atoms with van der Waals surface area (Å²) >= 11 is 0. The molecule has 0 bridgehead atoms. The second-order valence-electron chi connectivity index (χ2n) is 4.79. The Hall–Kier alpha value is -0.830. The van der Waals surface area contributed by atoms with Gasteiger partial charge in [0.2, 0.25) is 0 Å². The molecular weight excluding hydrogens is 178 g/mol. The molecule has 0 aromatic carbocycles. The number of ether oxygens (including phenoxy) is 1. The van der Waals surface area contributed by atoms with Crippen molar-refractivity contribution in [3.05, 3.63) is 12.7 Å². The van der Waals surface area contributed by atoms with Gasteiger partial charge >= 0.3 is 5.97 Å². The Morgan fingerprint density at radius 1 is 1.57 bits per heavy atom. The second-order valence-corrected chi connectivity index (χ2v) is 4.79. The van der Waals surface area contributed by atoms with Crippen molar-refractivity contribution in [3.8, 4) is 0 Å². The normalized spacial score (nSPS) is 27.4. The molecule has 80 valence electrons. The van der Waals surface area contributed by atoms with Crippen LogP contribution in [-0.4, -0.2) is 24.7 Å². The van der Waals surface area contributed by atoms with Crippen molar-refractivity contribution in [1.82, 2.24) is 5.32 Å². The van der Waals surface area contributed by atoms with Gasteiger partial charge in [-0.2, -0.15) is 0 Å². The lowest BCUT2D eigenvalue weighted by atomic mass is 9.87. The fourth-order valence-electron chi connectivity index (χ4n) is 1.52. The van der Waals surface area contributed by atoms with Gasteiger partial charge in [0, 0.05) is 6.54 Å². The Morgan fingerprint density at radius 3 is 2.57 bits per heavy atom. The third-order valence-electron chi connectivity index (χ3n) is 2.38. The quantitative estimate of drug-likeness (QED) is 0.538. The minimum atomic E-state index is -0.507. The molecule has 1 rings (SSSR count). The van der Waals surface area contributed by atoms with Crippen LogP contribution in [0.2, 0.25) is 0 Å². The third-order valence-corrected chi connectivity index (χ3v) is 2.38. The highest BCUT2D eigenvalue weighted by molar-refractivity contribution is 5.80. The second kappa shape index (κ2) is 3.73. The molecule has 1 aliphatic heterocycles. The molecule has 1 atom stereocenters. The zero-order chi connectivity index (χ0) is 10.8.